The highest BCUT2D eigenvalue weighted by Gasteiger charge is 2.26. The Morgan fingerprint density at radius 1 is 1.56 bits per heavy atom. The monoisotopic (exact) mass is 251 g/mol. The number of carbonyl (C=O) groups excluding carboxylic acids is 1. The van der Waals surface area contributed by atoms with E-state index in [1.54, 1.807) is 12.3 Å². The highest BCUT2D eigenvalue weighted by molar-refractivity contribution is 5.95. The molecule has 0 aliphatic rings. The van der Waals surface area contributed by atoms with Gasteiger partial charge in [-0.15, -0.1) is 0 Å². The molecule has 0 saturated heterocycles. The first-order valence-electron chi connectivity index (χ1n) is 5.91. The van der Waals surface area contributed by atoms with Crippen LogP contribution in [-0.4, -0.2) is 30.6 Å². The van der Waals surface area contributed by atoms with Crippen molar-refractivity contribution in [1.82, 2.24) is 4.98 Å². The molecule has 5 heteroatoms. The summed E-state index contributed by atoms with van der Waals surface area (Å²) in [6.07, 6.45) is 2.47. The molecule has 0 aliphatic heterocycles. The van der Waals surface area contributed by atoms with Gasteiger partial charge in [-0.3, -0.25) is 0 Å². The molecule has 1 heterocycles. The van der Waals surface area contributed by atoms with Crippen LogP contribution in [0.5, 0.6) is 0 Å². The lowest BCUT2D eigenvalue weighted by molar-refractivity contribution is 0.0601. The van der Waals surface area contributed by atoms with Crippen molar-refractivity contribution in [2.75, 3.05) is 24.8 Å². The Morgan fingerprint density at radius 3 is 2.67 bits per heavy atom. The van der Waals surface area contributed by atoms with Gasteiger partial charge in [-0.1, -0.05) is 6.92 Å². The summed E-state index contributed by atoms with van der Waals surface area (Å²) in [5, 5.41) is 0. The van der Waals surface area contributed by atoms with Crippen LogP contribution in [-0.2, 0) is 4.74 Å². The molecule has 5 nitrogen and oxygen atoms in total. The third kappa shape index (κ3) is 2.72. The van der Waals surface area contributed by atoms with Gasteiger partial charge in [0.05, 0.1) is 19.0 Å². The van der Waals surface area contributed by atoms with Crippen molar-refractivity contribution >= 4 is 17.5 Å². The number of pyridine rings is 1. The highest BCUT2D eigenvalue weighted by Crippen LogP contribution is 2.27. The lowest BCUT2D eigenvalue weighted by atomic mass is 9.99. The van der Waals surface area contributed by atoms with Gasteiger partial charge in [0.25, 0.3) is 0 Å². The van der Waals surface area contributed by atoms with Crippen molar-refractivity contribution in [2.45, 2.75) is 32.7 Å². The van der Waals surface area contributed by atoms with E-state index in [0.29, 0.717) is 17.1 Å². The lowest BCUT2D eigenvalue weighted by Crippen LogP contribution is -2.41. The van der Waals surface area contributed by atoms with Crippen molar-refractivity contribution in [2.24, 2.45) is 0 Å². The zero-order valence-corrected chi connectivity index (χ0v) is 11.7. The molecule has 0 aromatic carbocycles. The SMILES string of the molecule is CCC(C)(C)N(C)c1ncc(N)cc1C(=O)OC. The lowest BCUT2D eigenvalue weighted by Gasteiger charge is -2.36. The number of methoxy groups -OCH3 is 1. The van der Waals surface area contributed by atoms with Gasteiger partial charge in [0, 0.05) is 12.6 Å². The number of hydrogen-bond donors (Lipinski definition) is 1. The summed E-state index contributed by atoms with van der Waals surface area (Å²) in [5.74, 6) is 0.159. The number of hydrogen-bond acceptors (Lipinski definition) is 5. The molecule has 0 saturated carbocycles. The number of carbonyl (C=O) groups is 1. The number of rotatable bonds is 4. The molecular formula is C13H21N3O2. The summed E-state index contributed by atoms with van der Waals surface area (Å²) in [4.78, 5) is 18.0. The second-order valence-electron chi connectivity index (χ2n) is 4.86. The van der Waals surface area contributed by atoms with Crippen molar-refractivity contribution in [3.05, 3.63) is 17.8 Å². The fourth-order valence-corrected chi connectivity index (χ4v) is 1.53. The largest absolute Gasteiger partial charge is 0.465 e. The first kappa shape index (κ1) is 14.3. The van der Waals surface area contributed by atoms with Crippen molar-refractivity contribution < 1.29 is 9.53 Å². The average Bonchev–Trinajstić information content (AvgIpc) is 2.36. The second kappa shape index (κ2) is 5.25. The van der Waals surface area contributed by atoms with Crippen LogP contribution >= 0.6 is 0 Å². The van der Waals surface area contributed by atoms with E-state index in [0.717, 1.165) is 6.42 Å². The predicted octanol–water partition coefficient (Wildman–Crippen LogP) is 2.08. The maximum Gasteiger partial charge on any atom is 0.341 e. The molecule has 0 atom stereocenters. The van der Waals surface area contributed by atoms with Crippen LogP contribution in [0.3, 0.4) is 0 Å². The van der Waals surface area contributed by atoms with Gasteiger partial charge >= 0.3 is 5.97 Å². The topological polar surface area (TPSA) is 68.5 Å². The first-order valence-corrected chi connectivity index (χ1v) is 5.91. The number of nitrogen functional groups attached to an aromatic ring is 1. The van der Waals surface area contributed by atoms with E-state index >= 15 is 0 Å². The van der Waals surface area contributed by atoms with Crippen LogP contribution < -0.4 is 10.6 Å². The van der Waals surface area contributed by atoms with Gasteiger partial charge in [0.1, 0.15) is 11.4 Å². The van der Waals surface area contributed by atoms with Crippen molar-refractivity contribution in [3.8, 4) is 0 Å². The van der Waals surface area contributed by atoms with Gasteiger partial charge in [-0.05, 0) is 26.3 Å². The summed E-state index contributed by atoms with van der Waals surface area (Å²) in [7, 11) is 3.26. The number of nitrogens with zero attached hydrogens (tertiary/aromatic N) is 2. The van der Waals surface area contributed by atoms with Gasteiger partial charge < -0.3 is 15.4 Å². The van der Waals surface area contributed by atoms with Gasteiger partial charge in [0.2, 0.25) is 0 Å². The average molecular weight is 251 g/mol. The number of esters is 1. The van der Waals surface area contributed by atoms with Gasteiger partial charge in [-0.25, -0.2) is 9.78 Å². The summed E-state index contributed by atoms with van der Waals surface area (Å²) < 4.78 is 4.77. The molecule has 0 bridgehead atoms. The van der Waals surface area contributed by atoms with Crippen LogP contribution in [0.2, 0.25) is 0 Å². The standard InChI is InChI=1S/C13H21N3O2/c1-6-13(2,3)16(4)11-10(12(17)18-5)7-9(14)8-15-11/h7-8H,6,14H2,1-5H3. The van der Waals surface area contributed by atoms with Crippen LogP contribution in [0, 0.1) is 0 Å². The third-order valence-corrected chi connectivity index (χ3v) is 3.38. The summed E-state index contributed by atoms with van der Waals surface area (Å²) in [6, 6.07) is 1.59. The fraction of sp³-hybridized carbons (Fsp3) is 0.538. The molecule has 100 valence electrons. The molecule has 0 aliphatic carbocycles. The van der Waals surface area contributed by atoms with Crippen LogP contribution in [0.1, 0.15) is 37.6 Å². The zero-order valence-electron chi connectivity index (χ0n) is 11.7. The van der Waals surface area contributed by atoms with E-state index in [1.165, 1.54) is 7.11 Å². The van der Waals surface area contributed by atoms with E-state index < -0.39 is 5.97 Å². The Morgan fingerprint density at radius 2 is 2.17 bits per heavy atom. The number of nitrogens with two attached hydrogens (primary N) is 1. The van der Waals surface area contributed by atoms with Gasteiger partial charge in [0.15, 0.2) is 0 Å². The molecule has 0 amide bonds. The molecule has 1 aromatic rings. The Kier molecular flexibility index (Phi) is 4.16. The van der Waals surface area contributed by atoms with E-state index in [2.05, 4.69) is 25.8 Å². The molecule has 1 rings (SSSR count). The Labute approximate surface area is 108 Å². The second-order valence-corrected chi connectivity index (χ2v) is 4.86. The summed E-state index contributed by atoms with van der Waals surface area (Å²) in [5.41, 5.74) is 6.40. The Balaban J connectivity index is 3.28. The summed E-state index contributed by atoms with van der Waals surface area (Å²) in [6.45, 7) is 6.27. The minimum atomic E-state index is -0.427. The van der Waals surface area contributed by atoms with E-state index in [1.807, 2.05) is 11.9 Å². The molecular weight excluding hydrogens is 230 g/mol. The van der Waals surface area contributed by atoms with Crippen LogP contribution in [0.4, 0.5) is 11.5 Å². The van der Waals surface area contributed by atoms with Crippen molar-refractivity contribution in [3.63, 3.8) is 0 Å². The van der Waals surface area contributed by atoms with E-state index in [9.17, 15) is 4.79 Å². The normalized spacial score (nSPS) is 11.2. The zero-order chi connectivity index (χ0) is 13.9. The molecule has 0 unspecified atom stereocenters. The van der Waals surface area contributed by atoms with Crippen LogP contribution in [0.25, 0.3) is 0 Å². The molecule has 0 fully saturated rings. The third-order valence-electron chi connectivity index (χ3n) is 3.38. The molecule has 18 heavy (non-hydrogen) atoms. The quantitative estimate of drug-likeness (QED) is 0.830. The minimum absolute atomic E-state index is 0.105. The number of ether oxygens (including phenoxy) is 1. The Bertz CT molecular complexity index is 444. The molecule has 1 aromatic heterocycles. The highest BCUT2D eigenvalue weighted by atomic mass is 16.5. The van der Waals surface area contributed by atoms with Gasteiger partial charge in [-0.2, -0.15) is 0 Å². The fourth-order valence-electron chi connectivity index (χ4n) is 1.53. The van der Waals surface area contributed by atoms with E-state index in [4.69, 9.17) is 10.5 Å². The molecule has 0 radical (unpaired) electrons. The van der Waals surface area contributed by atoms with E-state index in [-0.39, 0.29) is 5.54 Å². The minimum Gasteiger partial charge on any atom is -0.465 e. The number of anilines is 2. The summed E-state index contributed by atoms with van der Waals surface area (Å²) >= 11 is 0. The first-order chi connectivity index (χ1) is 8.33. The van der Waals surface area contributed by atoms with Crippen LogP contribution in [0.15, 0.2) is 12.3 Å². The molecule has 0 spiro atoms. The predicted molar refractivity (Wildman–Crippen MR) is 72.8 cm³/mol. The van der Waals surface area contributed by atoms with Crippen molar-refractivity contribution in [1.29, 1.82) is 0 Å². The number of aromatic nitrogens is 1. The molecule has 2 N–H and O–H groups in total. The Hall–Kier alpha value is -1.78. The maximum absolute atomic E-state index is 11.8. The maximum atomic E-state index is 11.8. The smallest absolute Gasteiger partial charge is 0.341 e.